The van der Waals surface area contributed by atoms with E-state index < -0.39 is 10.0 Å². The zero-order valence-electron chi connectivity index (χ0n) is 11.8. The van der Waals surface area contributed by atoms with Crippen molar-refractivity contribution in [3.8, 4) is 0 Å². The van der Waals surface area contributed by atoms with Gasteiger partial charge in [-0.25, -0.2) is 18.1 Å². The fourth-order valence-electron chi connectivity index (χ4n) is 1.76. The van der Waals surface area contributed by atoms with Gasteiger partial charge < -0.3 is 5.73 Å². The molecule has 0 amide bonds. The second kappa shape index (κ2) is 6.46. The second-order valence-electron chi connectivity index (χ2n) is 4.27. The van der Waals surface area contributed by atoms with Gasteiger partial charge in [0.1, 0.15) is 4.21 Å². The zero-order chi connectivity index (χ0) is 15.5. The Labute approximate surface area is 127 Å². The van der Waals surface area contributed by atoms with Crippen molar-refractivity contribution >= 4 is 27.3 Å². The van der Waals surface area contributed by atoms with Gasteiger partial charge in [0, 0.05) is 11.4 Å². The lowest BCUT2D eigenvalue weighted by molar-refractivity contribution is 0.602. The number of aromatic nitrogens is 3. The zero-order valence-corrected chi connectivity index (χ0v) is 13.5. The smallest absolute Gasteiger partial charge is 0.273 e. The molecule has 2 aromatic rings. The first kappa shape index (κ1) is 15.8. The van der Waals surface area contributed by atoms with Crippen LogP contribution in [0, 0.1) is 0 Å². The van der Waals surface area contributed by atoms with Crippen LogP contribution in [0.4, 0.5) is 5.95 Å². The third-order valence-corrected chi connectivity index (χ3v) is 5.77. The molecule has 0 saturated carbocycles. The van der Waals surface area contributed by atoms with Gasteiger partial charge in [0.2, 0.25) is 0 Å². The summed E-state index contributed by atoms with van der Waals surface area (Å²) in [5.74, 6) is -0.00764. The molecule has 114 valence electrons. The third-order valence-electron chi connectivity index (χ3n) is 2.84. The van der Waals surface area contributed by atoms with Crippen LogP contribution in [0.3, 0.4) is 0 Å². The molecule has 0 aliphatic rings. The summed E-state index contributed by atoms with van der Waals surface area (Å²) >= 11 is 1.13. The molecule has 0 spiro atoms. The van der Waals surface area contributed by atoms with Crippen molar-refractivity contribution in [1.29, 1.82) is 0 Å². The van der Waals surface area contributed by atoms with E-state index in [4.69, 9.17) is 5.73 Å². The van der Waals surface area contributed by atoms with Crippen molar-refractivity contribution in [3.05, 3.63) is 28.4 Å². The number of rotatable bonds is 6. The van der Waals surface area contributed by atoms with E-state index in [1.807, 2.05) is 13.8 Å². The molecule has 0 atom stereocenters. The van der Waals surface area contributed by atoms with Crippen LogP contribution in [0.25, 0.3) is 0 Å². The summed E-state index contributed by atoms with van der Waals surface area (Å²) < 4.78 is 27.0. The van der Waals surface area contributed by atoms with Gasteiger partial charge >= 0.3 is 0 Å². The van der Waals surface area contributed by atoms with E-state index in [1.54, 1.807) is 6.07 Å². The summed E-state index contributed by atoms with van der Waals surface area (Å²) in [7, 11) is -3.70. The van der Waals surface area contributed by atoms with E-state index in [1.165, 1.54) is 6.07 Å². The molecule has 0 aliphatic carbocycles. The Hall–Kier alpha value is -1.58. The van der Waals surface area contributed by atoms with E-state index in [9.17, 15) is 8.42 Å². The van der Waals surface area contributed by atoms with Crippen LogP contribution >= 0.6 is 11.3 Å². The summed E-state index contributed by atoms with van der Waals surface area (Å²) in [6, 6.07) is 3.21. The van der Waals surface area contributed by atoms with Gasteiger partial charge in [0.15, 0.2) is 0 Å². The van der Waals surface area contributed by atoms with E-state index in [0.29, 0.717) is 19.4 Å². The number of nitrogens with one attached hydrogen (secondary N) is 1. The van der Waals surface area contributed by atoms with Gasteiger partial charge in [-0.15, -0.1) is 21.5 Å². The Kier molecular flexibility index (Phi) is 4.86. The van der Waals surface area contributed by atoms with Crippen molar-refractivity contribution in [1.82, 2.24) is 15.2 Å². The lowest BCUT2D eigenvalue weighted by Crippen LogP contribution is -2.16. The molecule has 0 fully saturated rings. The highest BCUT2D eigenvalue weighted by Gasteiger charge is 2.19. The fourth-order valence-corrected chi connectivity index (χ4v) is 3.94. The number of sulfonamides is 1. The minimum absolute atomic E-state index is 0.00764. The quantitative estimate of drug-likeness (QED) is 0.827. The molecule has 0 bridgehead atoms. The summed E-state index contributed by atoms with van der Waals surface area (Å²) in [5, 5.41) is 7.84. The minimum atomic E-state index is -3.70. The van der Waals surface area contributed by atoms with Crippen molar-refractivity contribution < 1.29 is 8.42 Å². The first-order valence-corrected chi connectivity index (χ1v) is 8.84. The molecule has 2 rings (SSSR count). The van der Waals surface area contributed by atoms with E-state index in [-0.39, 0.29) is 10.2 Å². The highest BCUT2D eigenvalue weighted by Crippen LogP contribution is 2.22. The Morgan fingerprint density at radius 3 is 2.48 bits per heavy atom. The topological polar surface area (TPSA) is 111 Å². The van der Waals surface area contributed by atoms with Gasteiger partial charge in [-0.05, 0) is 25.0 Å². The van der Waals surface area contributed by atoms with Crippen molar-refractivity contribution in [2.45, 2.75) is 37.4 Å². The first-order valence-electron chi connectivity index (χ1n) is 6.54. The van der Waals surface area contributed by atoms with Crippen molar-refractivity contribution in [2.75, 3.05) is 4.72 Å². The number of nitrogens with two attached hydrogens (primary N) is 1. The maximum Gasteiger partial charge on any atom is 0.273 e. The number of aryl methyl sites for hydroxylation is 2. The average molecular weight is 327 g/mol. The molecule has 2 aromatic heterocycles. The fraction of sp³-hybridized carbons (Fsp3) is 0.417. The standard InChI is InChI=1S/C12H17N5O2S2/c1-3-9-10(4-2)15-16-12(14-9)17-21(18,19)11-6-5-8(7-13)20-11/h5-6H,3-4,7,13H2,1-2H3,(H,14,16,17). The molecule has 2 heterocycles. The van der Waals surface area contributed by atoms with Crippen LogP contribution < -0.4 is 10.5 Å². The number of nitrogens with zero attached hydrogens (tertiary/aromatic N) is 3. The molecule has 21 heavy (non-hydrogen) atoms. The average Bonchev–Trinajstić information content (AvgIpc) is 2.96. The van der Waals surface area contributed by atoms with Gasteiger partial charge in [-0.1, -0.05) is 13.8 Å². The van der Waals surface area contributed by atoms with Crippen LogP contribution in [0.15, 0.2) is 16.3 Å². The minimum Gasteiger partial charge on any atom is -0.326 e. The van der Waals surface area contributed by atoms with E-state index >= 15 is 0 Å². The lowest BCUT2D eigenvalue weighted by atomic mass is 10.2. The normalized spacial score (nSPS) is 11.6. The molecule has 0 radical (unpaired) electrons. The van der Waals surface area contributed by atoms with Crippen molar-refractivity contribution in [2.24, 2.45) is 5.73 Å². The first-order chi connectivity index (χ1) is 10.00. The number of thiophene rings is 1. The largest absolute Gasteiger partial charge is 0.326 e. The molecule has 0 unspecified atom stereocenters. The number of hydrogen-bond acceptors (Lipinski definition) is 7. The Balaban J connectivity index is 2.28. The molecule has 7 nitrogen and oxygen atoms in total. The van der Waals surface area contributed by atoms with Crippen molar-refractivity contribution in [3.63, 3.8) is 0 Å². The predicted molar refractivity (Wildman–Crippen MR) is 81.6 cm³/mol. The second-order valence-corrected chi connectivity index (χ2v) is 7.34. The Bertz CT molecular complexity index is 727. The lowest BCUT2D eigenvalue weighted by Gasteiger charge is -2.07. The summed E-state index contributed by atoms with van der Waals surface area (Å²) in [6.45, 7) is 4.20. The van der Waals surface area contributed by atoms with Gasteiger partial charge in [-0.2, -0.15) is 0 Å². The maximum atomic E-state index is 12.2. The highest BCUT2D eigenvalue weighted by molar-refractivity contribution is 7.94. The molecule has 0 saturated heterocycles. The molecule has 0 aromatic carbocycles. The predicted octanol–water partition coefficient (Wildman–Crippen LogP) is 1.32. The van der Waals surface area contributed by atoms with Crippen LogP contribution in [-0.2, 0) is 29.4 Å². The monoisotopic (exact) mass is 327 g/mol. The number of anilines is 1. The molecule has 9 heteroatoms. The Morgan fingerprint density at radius 1 is 1.19 bits per heavy atom. The van der Waals surface area contributed by atoms with E-state index in [2.05, 4.69) is 19.9 Å². The van der Waals surface area contributed by atoms with E-state index in [0.717, 1.165) is 27.6 Å². The van der Waals surface area contributed by atoms with Gasteiger partial charge in [0.05, 0.1) is 11.4 Å². The molecular weight excluding hydrogens is 310 g/mol. The molecule has 0 aliphatic heterocycles. The summed E-state index contributed by atoms with van der Waals surface area (Å²) in [5.41, 5.74) is 7.02. The molecular formula is C12H17N5O2S2. The SMILES string of the molecule is CCc1nnc(NS(=O)(=O)c2ccc(CN)s2)nc1CC. The van der Waals surface area contributed by atoms with Crippen LogP contribution in [0.2, 0.25) is 0 Å². The summed E-state index contributed by atoms with van der Waals surface area (Å²) in [6.07, 6.45) is 1.38. The Morgan fingerprint density at radius 2 is 1.90 bits per heavy atom. The number of hydrogen-bond donors (Lipinski definition) is 2. The summed E-state index contributed by atoms with van der Waals surface area (Å²) in [4.78, 5) is 5.01. The van der Waals surface area contributed by atoms with Crippen LogP contribution in [0.1, 0.15) is 30.1 Å². The van der Waals surface area contributed by atoms with Gasteiger partial charge in [0.25, 0.3) is 16.0 Å². The highest BCUT2D eigenvalue weighted by atomic mass is 32.2. The molecule has 3 N–H and O–H groups in total. The van der Waals surface area contributed by atoms with Crippen LogP contribution in [0.5, 0.6) is 0 Å². The third kappa shape index (κ3) is 3.55. The maximum absolute atomic E-state index is 12.2. The van der Waals surface area contributed by atoms with Gasteiger partial charge in [-0.3, -0.25) is 0 Å². The van der Waals surface area contributed by atoms with Crippen LogP contribution in [-0.4, -0.2) is 23.6 Å².